The highest BCUT2D eigenvalue weighted by atomic mass is 16.4. The summed E-state index contributed by atoms with van der Waals surface area (Å²) in [6, 6.07) is 0.348. The van der Waals surface area contributed by atoms with E-state index in [2.05, 4.69) is 12.2 Å². The van der Waals surface area contributed by atoms with E-state index in [1.807, 2.05) is 0 Å². The summed E-state index contributed by atoms with van der Waals surface area (Å²) < 4.78 is 0. The van der Waals surface area contributed by atoms with Crippen molar-refractivity contribution in [3.8, 4) is 0 Å². The number of rotatable bonds is 3. The van der Waals surface area contributed by atoms with E-state index >= 15 is 0 Å². The van der Waals surface area contributed by atoms with Crippen molar-refractivity contribution in [2.24, 2.45) is 17.8 Å². The molecule has 84 valence electrons. The zero-order valence-corrected chi connectivity index (χ0v) is 8.90. The molecule has 0 heterocycles. The largest absolute Gasteiger partial charge is 0.481 e. The van der Waals surface area contributed by atoms with Crippen LogP contribution in [0.1, 0.15) is 32.6 Å². The van der Waals surface area contributed by atoms with E-state index in [-0.39, 0.29) is 17.7 Å². The van der Waals surface area contributed by atoms with Gasteiger partial charge in [-0.25, -0.2) is 0 Å². The van der Waals surface area contributed by atoms with Gasteiger partial charge < -0.3 is 10.4 Å². The van der Waals surface area contributed by atoms with Crippen molar-refractivity contribution in [3.63, 3.8) is 0 Å². The van der Waals surface area contributed by atoms with Gasteiger partial charge in [0, 0.05) is 12.0 Å². The van der Waals surface area contributed by atoms with Gasteiger partial charge in [-0.15, -0.1) is 0 Å². The van der Waals surface area contributed by atoms with Crippen molar-refractivity contribution in [2.75, 3.05) is 0 Å². The number of nitrogens with one attached hydrogen (secondary N) is 1. The number of amides is 1. The minimum absolute atomic E-state index is 0.0631. The fraction of sp³-hybridized carbons (Fsp3) is 0.818. The fourth-order valence-electron chi connectivity index (χ4n) is 2.27. The van der Waals surface area contributed by atoms with Crippen LogP contribution in [0.25, 0.3) is 0 Å². The lowest BCUT2D eigenvalue weighted by Crippen LogP contribution is -2.32. The third-order valence-electron chi connectivity index (χ3n) is 3.59. The molecule has 0 spiro atoms. The van der Waals surface area contributed by atoms with Gasteiger partial charge in [-0.1, -0.05) is 6.92 Å². The topological polar surface area (TPSA) is 66.4 Å². The first kappa shape index (κ1) is 10.5. The first-order valence-electron chi connectivity index (χ1n) is 5.61. The molecule has 4 nitrogen and oxygen atoms in total. The summed E-state index contributed by atoms with van der Waals surface area (Å²) in [5.74, 6) is -0.472. The van der Waals surface area contributed by atoms with Crippen molar-refractivity contribution in [3.05, 3.63) is 0 Å². The first-order chi connectivity index (χ1) is 7.08. The minimum atomic E-state index is -0.759. The number of carboxylic acids is 1. The van der Waals surface area contributed by atoms with Crippen LogP contribution in [-0.4, -0.2) is 23.0 Å². The van der Waals surface area contributed by atoms with Crippen LogP contribution < -0.4 is 5.32 Å². The molecule has 0 aromatic carbocycles. The lowest BCUT2D eigenvalue weighted by Gasteiger charge is -2.09. The number of carbonyl (C=O) groups excluding carboxylic acids is 1. The molecule has 2 fully saturated rings. The SMILES string of the molecule is CC1CC1NC(=O)C1CCC(C(=O)O)C1. The molecule has 2 aliphatic carbocycles. The normalized spacial score (nSPS) is 38.7. The molecule has 4 heteroatoms. The van der Waals surface area contributed by atoms with Crippen LogP contribution in [0.5, 0.6) is 0 Å². The zero-order chi connectivity index (χ0) is 11.0. The Kier molecular flexibility index (Phi) is 2.67. The van der Waals surface area contributed by atoms with Gasteiger partial charge in [0.1, 0.15) is 0 Å². The van der Waals surface area contributed by atoms with Gasteiger partial charge in [0.2, 0.25) is 5.91 Å². The van der Waals surface area contributed by atoms with Crippen LogP contribution >= 0.6 is 0 Å². The average molecular weight is 211 g/mol. The molecular weight excluding hydrogens is 194 g/mol. The molecule has 0 bridgehead atoms. The van der Waals surface area contributed by atoms with Crippen LogP contribution in [0.4, 0.5) is 0 Å². The Morgan fingerprint density at radius 1 is 1.20 bits per heavy atom. The number of hydrogen-bond donors (Lipinski definition) is 2. The van der Waals surface area contributed by atoms with Crippen LogP contribution in [-0.2, 0) is 9.59 Å². The van der Waals surface area contributed by atoms with Crippen LogP contribution in [0.3, 0.4) is 0 Å². The fourth-order valence-corrected chi connectivity index (χ4v) is 2.27. The van der Waals surface area contributed by atoms with Crippen molar-refractivity contribution < 1.29 is 14.7 Å². The molecule has 0 aromatic rings. The van der Waals surface area contributed by atoms with E-state index < -0.39 is 5.97 Å². The molecule has 0 aromatic heterocycles. The maximum Gasteiger partial charge on any atom is 0.306 e. The monoisotopic (exact) mass is 211 g/mol. The van der Waals surface area contributed by atoms with Crippen LogP contribution in [0, 0.1) is 17.8 Å². The number of carboxylic acid groups (broad SMARTS) is 1. The average Bonchev–Trinajstić information content (AvgIpc) is 2.71. The molecule has 0 radical (unpaired) electrons. The molecule has 1 amide bonds. The summed E-state index contributed by atoms with van der Waals surface area (Å²) in [5.41, 5.74) is 0. The van der Waals surface area contributed by atoms with Crippen molar-refractivity contribution in [2.45, 2.75) is 38.6 Å². The van der Waals surface area contributed by atoms with Crippen LogP contribution in [0.2, 0.25) is 0 Å². The molecule has 2 rings (SSSR count). The highest BCUT2D eigenvalue weighted by Crippen LogP contribution is 2.33. The molecule has 0 saturated heterocycles. The number of aliphatic carboxylic acids is 1. The Morgan fingerprint density at radius 2 is 1.80 bits per heavy atom. The van der Waals surface area contributed by atoms with Crippen molar-refractivity contribution in [1.82, 2.24) is 5.32 Å². The third-order valence-corrected chi connectivity index (χ3v) is 3.59. The van der Waals surface area contributed by atoms with Gasteiger partial charge in [0.15, 0.2) is 0 Å². The molecule has 2 aliphatic rings. The summed E-state index contributed by atoms with van der Waals surface area (Å²) >= 11 is 0. The van der Waals surface area contributed by atoms with Gasteiger partial charge >= 0.3 is 5.97 Å². The van der Waals surface area contributed by atoms with Gasteiger partial charge in [0.05, 0.1) is 5.92 Å². The predicted molar refractivity (Wildman–Crippen MR) is 54.2 cm³/mol. The van der Waals surface area contributed by atoms with Crippen molar-refractivity contribution in [1.29, 1.82) is 0 Å². The van der Waals surface area contributed by atoms with E-state index in [9.17, 15) is 9.59 Å². The Morgan fingerprint density at radius 3 is 2.27 bits per heavy atom. The molecule has 0 aliphatic heterocycles. The van der Waals surface area contributed by atoms with E-state index in [1.54, 1.807) is 0 Å². The summed E-state index contributed by atoms with van der Waals surface area (Å²) in [6.07, 6.45) is 2.96. The maximum absolute atomic E-state index is 11.7. The number of carbonyl (C=O) groups is 2. The zero-order valence-electron chi connectivity index (χ0n) is 8.90. The highest BCUT2D eigenvalue weighted by molar-refractivity contribution is 5.81. The highest BCUT2D eigenvalue weighted by Gasteiger charge is 2.38. The lowest BCUT2D eigenvalue weighted by atomic mass is 10.0. The Labute approximate surface area is 89.0 Å². The van der Waals surface area contributed by atoms with Crippen molar-refractivity contribution >= 4 is 11.9 Å². The van der Waals surface area contributed by atoms with E-state index in [0.29, 0.717) is 24.8 Å². The molecule has 15 heavy (non-hydrogen) atoms. The van der Waals surface area contributed by atoms with E-state index in [1.165, 1.54) is 0 Å². The second-order valence-electron chi connectivity index (χ2n) is 4.87. The van der Waals surface area contributed by atoms with Gasteiger partial charge in [-0.2, -0.15) is 0 Å². The van der Waals surface area contributed by atoms with E-state index in [4.69, 9.17) is 5.11 Å². The second-order valence-corrected chi connectivity index (χ2v) is 4.87. The Hall–Kier alpha value is -1.06. The maximum atomic E-state index is 11.7. The predicted octanol–water partition coefficient (Wildman–Crippen LogP) is 1.01. The first-order valence-corrected chi connectivity index (χ1v) is 5.61. The molecular formula is C11H17NO3. The molecule has 2 saturated carbocycles. The second kappa shape index (κ2) is 3.83. The van der Waals surface area contributed by atoms with Crippen LogP contribution in [0.15, 0.2) is 0 Å². The number of hydrogen-bond acceptors (Lipinski definition) is 2. The summed E-state index contributed by atoms with van der Waals surface area (Å²) in [7, 11) is 0. The smallest absolute Gasteiger partial charge is 0.306 e. The van der Waals surface area contributed by atoms with E-state index in [0.717, 1.165) is 12.8 Å². The van der Waals surface area contributed by atoms with Gasteiger partial charge in [-0.05, 0) is 31.6 Å². The molecule has 4 atom stereocenters. The Balaban J connectivity index is 1.80. The molecule has 2 N–H and O–H groups in total. The third kappa shape index (κ3) is 2.30. The van der Waals surface area contributed by atoms with Gasteiger partial charge in [0.25, 0.3) is 0 Å². The van der Waals surface area contributed by atoms with Gasteiger partial charge in [-0.3, -0.25) is 9.59 Å². The summed E-state index contributed by atoms with van der Waals surface area (Å²) in [5, 5.41) is 11.8. The standard InChI is InChI=1S/C11H17NO3/c1-6-4-9(6)12-10(13)7-2-3-8(5-7)11(14)15/h6-9H,2-5H2,1H3,(H,12,13)(H,14,15). The molecule has 4 unspecified atom stereocenters. The summed E-state index contributed by atoms with van der Waals surface area (Å²) in [6.45, 7) is 2.11. The minimum Gasteiger partial charge on any atom is -0.481 e. The Bertz CT molecular complexity index is 290. The quantitative estimate of drug-likeness (QED) is 0.732. The summed E-state index contributed by atoms with van der Waals surface area (Å²) in [4.78, 5) is 22.4. The lowest BCUT2D eigenvalue weighted by molar-refractivity contribution is -0.141.